The van der Waals surface area contributed by atoms with Gasteiger partial charge in [0.1, 0.15) is 11.5 Å². The highest BCUT2D eigenvalue weighted by atomic mass is 16.5. The molecule has 29 heavy (non-hydrogen) atoms. The fourth-order valence-corrected chi connectivity index (χ4v) is 4.20. The van der Waals surface area contributed by atoms with Gasteiger partial charge in [-0.2, -0.15) is 0 Å². The molecule has 160 valence electrons. The number of amides is 3. The molecular weight excluding hydrogens is 370 g/mol. The molecule has 3 amide bonds. The average molecular weight is 404 g/mol. The molecule has 0 spiro atoms. The zero-order valence-corrected chi connectivity index (χ0v) is 17.6. The van der Waals surface area contributed by atoms with Crippen molar-refractivity contribution < 1.29 is 19.1 Å². The number of benzene rings is 1. The standard InChI is InChI=1S/C22H33N3O4/c1-28-19-9-8-18(20(14-19)29-2)15-23-21(26)10-7-17-6-5-13-25(16-17)22(27)24-11-3-4-12-24/h8-9,14,17H,3-7,10-13,15-16H2,1-2H3,(H,23,26). The Labute approximate surface area is 173 Å². The quantitative estimate of drug-likeness (QED) is 0.760. The number of nitrogens with zero attached hydrogens (tertiary/aromatic N) is 2. The molecule has 0 saturated carbocycles. The van der Waals surface area contributed by atoms with Crippen molar-refractivity contribution >= 4 is 11.9 Å². The molecule has 2 aliphatic heterocycles. The van der Waals surface area contributed by atoms with Gasteiger partial charge in [-0.25, -0.2) is 4.79 Å². The van der Waals surface area contributed by atoms with Crippen LogP contribution in [0.5, 0.6) is 11.5 Å². The van der Waals surface area contributed by atoms with Crippen LogP contribution in [-0.4, -0.2) is 62.1 Å². The monoisotopic (exact) mass is 403 g/mol. The van der Waals surface area contributed by atoms with Crippen molar-refractivity contribution in [3.8, 4) is 11.5 Å². The Morgan fingerprint density at radius 3 is 2.55 bits per heavy atom. The highest BCUT2D eigenvalue weighted by Gasteiger charge is 2.28. The lowest BCUT2D eigenvalue weighted by Gasteiger charge is -2.35. The normalized spacial score (nSPS) is 19.2. The van der Waals surface area contributed by atoms with Crippen molar-refractivity contribution in [1.82, 2.24) is 15.1 Å². The summed E-state index contributed by atoms with van der Waals surface area (Å²) in [5, 5.41) is 2.98. The fourth-order valence-electron chi connectivity index (χ4n) is 4.20. The number of carbonyl (C=O) groups is 2. The Kier molecular flexibility index (Phi) is 7.61. The lowest BCUT2D eigenvalue weighted by molar-refractivity contribution is -0.121. The minimum Gasteiger partial charge on any atom is -0.497 e. The van der Waals surface area contributed by atoms with Gasteiger partial charge in [0.05, 0.1) is 14.2 Å². The van der Waals surface area contributed by atoms with E-state index in [4.69, 9.17) is 9.47 Å². The molecule has 1 atom stereocenters. The maximum Gasteiger partial charge on any atom is 0.320 e. The van der Waals surface area contributed by atoms with Crippen LogP contribution in [0, 0.1) is 5.92 Å². The van der Waals surface area contributed by atoms with E-state index in [2.05, 4.69) is 5.32 Å². The van der Waals surface area contributed by atoms with Crippen molar-refractivity contribution in [3.05, 3.63) is 23.8 Å². The van der Waals surface area contributed by atoms with Gasteiger partial charge in [-0.05, 0) is 50.2 Å². The van der Waals surface area contributed by atoms with E-state index >= 15 is 0 Å². The van der Waals surface area contributed by atoms with E-state index in [1.54, 1.807) is 14.2 Å². The first-order valence-corrected chi connectivity index (χ1v) is 10.6. The number of carbonyl (C=O) groups excluding carboxylic acids is 2. The van der Waals surface area contributed by atoms with E-state index in [0.717, 1.165) is 69.6 Å². The van der Waals surface area contributed by atoms with Gasteiger partial charge in [-0.15, -0.1) is 0 Å². The molecule has 2 heterocycles. The number of hydrogen-bond donors (Lipinski definition) is 1. The molecule has 1 N–H and O–H groups in total. The summed E-state index contributed by atoms with van der Waals surface area (Å²) in [4.78, 5) is 28.9. The molecule has 2 fully saturated rings. The molecule has 0 radical (unpaired) electrons. The van der Waals surface area contributed by atoms with E-state index in [9.17, 15) is 9.59 Å². The largest absolute Gasteiger partial charge is 0.497 e. The maximum absolute atomic E-state index is 12.6. The molecule has 0 aliphatic carbocycles. The summed E-state index contributed by atoms with van der Waals surface area (Å²) in [7, 11) is 3.22. The third-order valence-corrected chi connectivity index (χ3v) is 5.92. The molecule has 1 aromatic rings. The predicted octanol–water partition coefficient (Wildman–Crippen LogP) is 3.03. The number of likely N-dealkylation sites (tertiary alicyclic amines) is 2. The maximum atomic E-state index is 12.6. The van der Waals surface area contributed by atoms with Gasteiger partial charge in [0, 0.05) is 50.8 Å². The van der Waals surface area contributed by atoms with Crippen LogP contribution >= 0.6 is 0 Å². The van der Waals surface area contributed by atoms with Crippen molar-refractivity contribution in [2.24, 2.45) is 5.92 Å². The molecule has 7 heteroatoms. The number of methoxy groups -OCH3 is 2. The van der Waals surface area contributed by atoms with E-state index in [0.29, 0.717) is 24.6 Å². The van der Waals surface area contributed by atoms with Gasteiger partial charge in [0.25, 0.3) is 0 Å². The van der Waals surface area contributed by atoms with Gasteiger partial charge in [-0.3, -0.25) is 4.79 Å². The van der Waals surface area contributed by atoms with Crippen molar-refractivity contribution in [3.63, 3.8) is 0 Å². The van der Waals surface area contributed by atoms with Crippen molar-refractivity contribution in [2.75, 3.05) is 40.4 Å². The lowest BCUT2D eigenvalue weighted by Crippen LogP contribution is -2.46. The third-order valence-electron chi connectivity index (χ3n) is 5.92. The smallest absolute Gasteiger partial charge is 0.320 e. The third kappa shape index (κ3) is 5.78. The second-order valence-corrected chi connectivity index (χ2v) is 7.92. The van der Waals surface area contributed by atoms with Crippen LogP contribution in [0.1, 0.15) is 44.1 Å². The Bertz CT molecular complexity index is 703. The first-order chi connectivity index (χ1) is 14.1. The van der Waals surface area contributed by atoms with Crippen LogP contribution in [0.2, 0.25) is 0 Å². The zero-order chi connectivity index (χ0) is 20.6. The Morgan fingerprint density at radius 1 is 1.07 bits per heavy atom. The van der Waals surface area contributed by atoms with Crippen LogP contribution in [0.15, 0.2) is 18.2 Å². The topological polar surface area (TPSA) is 71.1 Å². The van der Waals surface area contributed by atoms with E-state index in [1.807, 2.05) is 28.0 Å². The van der Waals surface area contributed by atoms with Crippen LogP contribution in [0.25, 0.3) is 0 Å². The number of urea groups is 1. The summed E-state index contributed by atoms with van der Waals surface area (Å²) in [5.74, 6) is 1.86. The molecule has 1 aromatic carbocycles. The summed E-state index contributed by atoms with van der Waals surface area (Å²) in [6.45, 7) is 3.81. The Hall–Kier alpha value is -2.44. The summed E-state index contributed by atoms with van der Waals surface area (Å²) in [6, 6.07) is 5.76. The second kappa shape index (κ2) is 10.4. The van der Waals surface area contributed by atoms with Gasteiger partial charge in [-0.1, -0.05) is 0 Å². The molecule has 0 aromatic heterocycles. The van der Waals surface area contributed by atoms with Crippen molar-refractivity contribution in [1.29, 1.82) is 0 Å². The number of nitrogens with one attached hydrogen (secondary N) is 1. The van der Waals surface area contributed by atoms with Crippen molar-refractivity contribution in [2.45, 2.75) is 45.1 Å². The van der Waals surface area contributed by atoms with E-state index in [1.165, 1.54) is 0 Å². The SMILES string of the molecule is COc1ccc(CNC(=O)CCC2CCCN(C(=O)N3CCCC3)C2)c(OC)c1. The molecule has 3 rings (SSSR count). The van der Waals surface area contributed by atoms with Crippen LogP contribution in [-0.2, 0) is 11.3 Å². The number of piperidine rings is 1. The van der Waals surface area contributed by atoms with Gasteiger partial charge >= 0.3 is 6.03 Å². The highest BCUT2D eigenvalue weighted by molar-refractivity contribution is 5.76. The first kappa shape index (κ1) is 21.3. The number of rotatable bonds is 7. The zero-order valence-electron chi connectivity index (χ0n) is 17.6. The summed E-state index contributed by atoms with van der Waals surface area (Å²) in [5.41, 5.74) is 0.918. The molecule has 2 aliphatic rings. The molecule has 1 unspecified atom stereocenters. The summed E-state index contributed by atoms with van der Waals surface area (Å²) in [6.07, 6.45) is 5.63. The molecule has 2 saturated heterocycles. The predicted molar refractivity (Wildman–Crippen MR) is 111 cm³/mol. The van der Waals surface area contributed by atoms with Gasteiger partial charge in [0.2, 0.25) is 5.91 Å². The number of hydrogen-bond acceptors (Lipinski definition) is 4. The van der Waals surface area contributed by atoms with Crippen LogP contribution in [0.4, 0.5) is 4.79 Å². The lowest BCUT2D eigenvalue weighted by atomic mass is 9.93. The average Bonchev–Trinajstić information content (AvgIpc) is 3.30. The second-order valence-electron chi connectivity index (χ2n) is 7.92. The summed E-state index contributed by atoms with van der Waals surface area (Å²) >= 11 is 0. The molecular formula is C22H33N3O4. The molecule has 0 bridgehead atoms. The Balaban J connectivity index is 1.42. The Morgan fingerprint density at radius 2 is 1.83 bits per heavy atom. The minimum atomic E-state index is 0.0332. The van der Waals surface area contributed by atoms with Crippen LogP contribution < -0.4 is 14.8 Å². The first-order valence-electron chi connectivity index (χ1n) is 10.6. The fraction of sp³-hybridized carbons (Fsp3) is 0.636. The van der Waals surface area contributed by atoms with E-state index < -0.39 is 0 Å². The van der Waals surface area contributed by atoms with Crippen LogP contribution in [0.3, 0.4) is 0 Å². The number of ether oxygens (including phenoxy) is 2. The molecule has 7 nitrogen and oxygen atoms in total. The van der Waals surface area contributed by atoms with E-state index in [-0.39, 0.29) is 11.9 Å². The van der Waals surface area contributed by atoms with Gasteiger partial charge < -0.3 is 24.6 Å². The van der Waals surface area contributed by atoms with Gasteiger partial charge in [0.15, 0.2) is 0 Å². The minimum absolute atomic E-state index is 0.0332. The summed E-state index contributed by atoms with van der Waals surface area (Å²) < 4.78 is 10.6. The highest BCUT2D eigenvalue weighted by Crippen LogP contribution is 2.25.